The molecule has 1 amide bonds. The van der Waals surface area contributed by atoms with Crippen LogP contribution in [0.25, 0.3) is 0 Å². The summed E-state index contributed by atoms with van der Waals surface area (Å²) in [6.07, 6.45) is 1.19. The van der Waals surface area contributed by atoms with Crippen molar-refractivity contribution in [1.82, 2.24) is 9.55 Å². The van der Waals surface area contributed by atoms with Crippen molar-refractivity contribution in [3.8, 4) is 0 Å². The minimum Gasteiger partial charge on any atom is -0.322 e. The molecule has 2 N–H and O–H groups in total. The first-order chi connectivity index (χ1) is 9.49. The molecule has 1 heterocycles. The van der Waals surface area contributed by atoms with Crippen molar-refractivity contribution in [2.75, 3.05) is 5.32 Å². The van der Waals surface area contributed by atoms with Crippen molar-refractivity contribution in [2.45, 2.75) is 6.54 Å². The molecule has 20 heavy (non-hydrogen) atoms. The maximum atomic E-state index is 13.4. The fourth-order valence-electron chi connectivity index (χ4n) is 1.53. The van der Waals surface area contributed by atoms with Crippen LogP contribution in [0, 0.1) is 5.82 Å². The number of nitrogens with zero attached hydrogens (tertiary/aromatic N) is 1. The Hall–Kier alpha value is -2.22. The van der Waals surface area contributed by atoms with E-state index in [1.807, 2.05) is 0 Å². The Morgan fingerprint density at radius 3 is 2.75 bits per heavy atom. The molecule has 0 aliphatic rings. The van der Waals surface area contributed by atoms with Gasteiger partial charge in [0.15, 0.2) is 0 Å². The van der Waals surface area contributed by atoms with E-state index in [4.69, 9.17) is 0 Å². The molecule has 0 aliphatic carbocycles. The van der Waals surface area contributed by atoms with Crippen molar-refractivity contribution < 1.29 is 9.18 Å². The number of hydrogen-bond acceptors (Lipinski definition) is 3. The van der Waals surface area contributed by atoms with Crippen molar-refractivity contribution >= 4 is 27.5 Å². The standard InChI is InChI=1S/C12H9BrFN3O3/c13-7-5-15-12(20)17(11(7)19)6-10(18)16-9-4-2-1-3-8(9)14/h1-5H,6H2,(H,15,20)(H,16,18). The molecule has 8 heteroatoms. The highest BCUT2D eigenvalue weighted by molar-refractivity contribution is 9.10. The number of nitrogens with one attached hydrogen (secondary N) is 2. The first-order valence-electron chi connectivity index (χ1n) is 5.51. The van der Waals surface area contributed by atoms with E-state index in [2.05, 4.69) is 26.2 Å². The molecule has 1 aromatic carbocycles. The van der Waals surface area contributed by atoms with Crippen molar-refractivity contribution in [1.29, 1.82) is 0 Å². The van der Waals surface area contributed by atoms with Crippen LogP contribution in [-0.4, -0.2) is 15.5 Å². The molecule has 104 valence electrons. The summed E-state index contributed by atoms with van der Waals surface area (Å²) < 4.78 is 14.2. The third-order valence-electron chi connectivity index (χ3n) is 2.47. The molecule has 0 aliphatic heterocycles. The minimum absolute atomic E-state index is 0.0167. The fraction of sp³-hybridized carbons (Fsp3) is 0.0833. The van der Waals surface area contributed by atoms with Crippen LogP contribution in [0.5, 0.6) is 0 Å². The van der Waals surface area contributed by atoms with Gasteiger partial charge in [-0.3, -0.25) is 9.59 Å². The number of amides is 1. The maximum Gasteiger partial charge on any atom is 0.328 e. The zero-order valence-corrected chi connectivity index (χ0v) is 11.6. The zero-order valence-electron chi connectivity index (χ0n) is 10.0. The zero-order chi connectivity index (χ0) is 14.7. The van der Waals surface area contributed by atoms with Gasteiger partial charge < -0.3 is 10.3 Å². The van der Waals surface area contributed by atoms with Crippen molar-refractivity contribution in [3.05, 3.63) is 61.6 Å². The molecular weight excluding hydrogens is 333 g/mol. The number of benzene rings is 1. The number of hydrogen-bond donors (Lipinski definition) is 2. The van der Waals surface area contributed by atoms with E-state index in [1.54, 1.807) is 6.07 Å². The number of para-hydroxylation sites is 1. The van der Waals surface area contributed by atoms with Crippen LogP contribution in [-0.2, 0) is 11.3 Å². The summed E-state index contributed by atoms with van der Waals surface area (Å²) in [5.41, 5.74) is -1.38. The van der Waals surface area contributed by atoms with Gasteiger partial charge >= 0.3 is 5.69 Å². The third-order valence-corrected chi connectivity index (χ3v) is 3.03. The van der Waals surface area contributed by atoms with Gasteiger partial charge in [0.2, 0.25) is 5.91 Å². The van der Waals surface area contributed by atoms with Gasteiger partial charge in [-0.15, -0.1) is 0 Å². The van der Waals surface area contributed by atoms with Crippen molar-refractivity contribution in [3.63, 3.8) is 0 Å². The van der Waals surface area contributed by atoms with E-state index in [0.29, 0.717) is 4.57 Å². The highest BCUT2D eigenvalue weighted by atomic mass is 79.9. The van der Waals surface area contributed by atoms with Crippen LogP contribution in [0.4, 0.5) is 10.1 Å². The molecule has 0 saturated carbocycles. The fourth-order valence-corrected chi connectivity index (χ4v) is 1.85. The summed E-state index contributed by atoms with van der Waals surface area (Å²) >= 11 is 2.95. The Kier molecular flexibility index (Phi) is 4.14. The van der Waals surface area contributed by atoms with Crippen LogP contribution in [0.2, 0.25) is 0 Å². The number of halogens is 2. The van der Waals surface area contributed by atoms with E-state index in [9.17, 15) is 18.8 Å². The van der Waals surface area contributed by atoms with E-state index in [-0.39, 0.29) is 10.2 Å². The quantitative estimate of drug-likeness (QED) is 0.875. The van der Waals surface area contributed by atoms with Gasteiger partial charge in [-0.05, 0) is 28.1 Å². The Labute approximate surface area is 120 Å². The SMILES string of the molecule is O=C(Cn1c(=O)[nH]cc(Br)c1=O)Nc1ccccc1F. The predicted octanol–water partition coefficient (Wildman–Crippen LogP) is 1.08. The molecule has 0 atom stereocenters. The Bertz CT molecular complexity index is 769. The molecule has 0 radical (unpaired) electrons. The molecule has 0 spiro atoms. The van der Waals surface area contributed by atoms with Crippen LogP contribution in [0.1, 0.15) is 0 Å². The minimum atomic E-state index is -0.720. The summed E-state index contributed by atoms with van der Waals surface area (Å²) in [5.74, 6) is -1.28. The number of H-pyrrole nitrogens is 1. The number of carbonyl (C=O) groups is 1. The first-order valence-corrected chi connectivity index (χ1v) is 6.31. The number of anilines is 1. The van der Waals surface area contributed by atoms with Gasteiger partial charge in [-0.1, -0.05) is 12.1 Å². The summed E-state index contributed by atoms with van der Waals surface area (Å²) in [7, 11) is 0. The number of aromatic nitrogens is 2. The molecular formula is C12H9BrFN3O3. The lowest BCUT2D eigenvalue weighted by Gasteiger charge is -2.07. The monoisotopic (exact) mass is 341 g/mol. The van der Waals surface area contributed by atoms with Crippen LogP contribution >= 0.6 is 15.9 Å². The summed E-state index contributed by atoms with van der Waals surface area (Å²) in [6.45, 7) is -0.512. The van der Waals surface area contributed by atoms with Crippen molar-refractivity contribution in [2.24, 2.45) is 0 Å². The maximum absolute atomic E-state index is 13.4. The molecule has 2 rings (SSSR count). The molecule has 6 nitrogen and oxygen atoms in total. The molecule has 0 unspecified atom stereocenters. The second-order valence-corrected chi connectivity index (χ2v) is 4.72. The predicted molar refractivity (Wildman–Crippen MR) is 74.1 cm³/mol. The number of carbonyl (C=O) groups excluding carboxylic acids is 1. The van der Waals surface area contributed by atoms with Gasteiger partial charge in [0.05, 0.1) is 10.2 Å². The van der Waals surface area contributed by atoms with E-state index < -0.39 is 29.5 Å². The molecule has 2 aromatic rings. The third kappa shape index (κ3) is 3.02. The number of aromatic amines is 1. The Morgan fingerprint density at radius 1 is 1.35 bits per heavy atom. The van der Waals surface area contributed by atoms with Gasteiger partial charge in [-0.2, -0.15) is 0 Å². The van der Waals surface area contributed by atoms with Crippen LogP contribution in [0.15, 0.2) is 44.5 Å². The average Bonchev–Trinajstić information content (AvgIpc) is 2.42. The van der Waals surface area contributed by atoms with Crippen LogP contribution in [0.3, 0.4) is 0 Å². The molecule has 0 saturated heterocycles. The normalized spacial score (nSPS) is 10.3. The molecule has 0 fully saturated rings. The topological polar surface area (TPSA) is 84.0 Å². The van der Waals surface area contributed by atoms with Gasteiger partial charge in [0.1, 0.15) is 12.4 Å². The van der Waals surface area contributed by atoms with Gasteiger partial charge in [0, 0.05) is 6.20 Å². The second-order valence-electron chi connectivity index (χ2n) is 3.86. The Morgan fingerprint density at radius 2 is 2.05 bits per heavy atom. The molecule has 1 aromatic heterocycles. The van der Waals surface area contributed by atoms with E-state index in [1.165, 1.54) is 24.4 Å². The smallest absolute Gasteiger partial charge is 0.322 e. The van der Waals surface area contributed by atoms with Gasteiger partial charge in [0.25, 0.3) is 5.56 Å². The average molecular weight is 342 g/mol. The largest absolute Gasteiger partial charge is 0.328 e. The Balaban J connectivity index is 2.22. The second kappa shape index (κ2) is 5.83. The highest BCUT2D eigenvalue weighted by Gasteiger charge is 2.11. The summed E-state index contributed by atoms with van der Waals surface area (Å²) in [5, 5.41) is 2.29. The lowest BCUT2D eigenvalue weighted by Crippen LogP contribution is -2.38. The first kappa shape index (κ1) is 14.2. The van der Waals surface area contributed by atoms with Gasteiger partial charge in [-0.25, -0.2) is 13.8 Å². The summed E-state index contributed by atoms with van der Waals surface area (Å²) in [4.78, 5) is 37.2. The lowest BCUT2D eigenvalue weighted by atomic mass is 10.3. The highest BCUT2D eigenvalue weighted by Crippen LogP contribution is 2.11. The molecule has 0 bridgehead atoms. The number of rotatable bonds is 3. The lowest BCUT2D eigenvalue weighted by molar-refractivity contribution is -0.116. The van der Waals surface area contributed by atoms with E-state index >= 15 is 0 Å². The van der Waals surface area contributed by atoms with Crippen LogP contribution < -0.4 is 16.6 Å². The van der Waals surface area contributed by atoms with E-state index in [0.717, 1.165) is 0 Å². The summed E-state index contributed by atoms with van der Waals surface area (Å²) in [6, 6.07) is 5.60.